The lowest BCUT2D eigenvalue weighted by atomic mass is 10.1. The van der Waals surface area contributed by atoms with Crippen LogP contribution in [-0.4, -0.2) is 42.7 Å². The fraction of sp³-hybridized carbons (Fsp3) is 0.857. The Bertz CT molecular complexity index is 265. The van der Waals surface area contributed by atoms with Crippen LogP contribution in [0.3, 0.4) is 0 Å². The highest BCUT2D eigenvalue weighted by Crippen LogP contribution is 2.26. The molecule has 0 fully saturated rings. The fourth-order valence-electron chi connectivity index (χ4n) is 0.803. The van der Waals surface area contributed by atoms with E-state index in [2.05, 4.69) is 0 Å². The molecular weight excluding hydrogens is 263 g/mol. The van der Waals surface area contributed by atoms with Crippen LogP contribution in [0.4, 0.5) is 30.7 Å². The van der Waals surface area contributed by atoms with Crippen molar-refractivity contribution in [1.82, 2.24) is 5.32 Å². The highest BCUT2D eigenvalue weighted by Gasteiger charge is 2.46. The van der Waals surface area contributed by atoms with Crippen molar-refractivity contribution in [2.45, 2.75) is 18.5 Å². The third-order valence-corrected chi connectivity index (χ3v) is 1.72. The van der Waals surface area contributed by atoms with Crippen molar-refractivity contribution < 1.29 is 40.6 Å². The highest BCUT2D eigenvalue weighted by atomic mass is 19.4. The number of carboxylic acids is 1. The second-order valence-electron chi connectivity index (χ2n) is 3.13. The van der Waals surface area contributed by atoms with E-state index in [4.69, 9.17) is 5.11 Å². The number of nitrogens with one attached hydrogen (secondary N) is 1. The van der Waals surface area contributed by atoms with E-state index in [9.17, 15) is 35.5 Å². The van der Waals surface area contributed by atoms with E-state index in [1.807, 2.05) is 0 Å². The first kappa shape index (κ1) is 15.9. The van der Waals surface area contributed by atoms with Gasteiger partial charge in [0.15, 0.2) is 5.92 Å². The number of halogens is 7. The lowest BCUT2D eigenvalue weighted by Gasteiger charge is -2.19. The lowest BCUT2D eigenvalue weighted by molar-refractivity contribution is -0.193. The summed E-state index contributed by atoms with van der Waals surface area (Å²) in [6.45, 7) is -3.13. The van der Waals surface area contributed by atoms with Crippen LogP contribution in [0.1, 0.15) is 0 Å². The van der Waals surface area contributed by atoms with Crippen LogP contribution < -0.4 is 5.32 Å². The second-order valence-corrected chi connectivity index (χ2v) is 3.13. The predicted molar refractivity (Wildman–Crippen MR) is 41.0 cm³/mol. The molecule has 0 aliphatic heterocycles. The molecule has 10 heteroatoms. The van der Waals surface area contributed by atoms with Gasteiger partial charge in [-0.1, -0.05) is 0 Å². The molecule has 0 aromatic carbocycles. The average molecular weight is 271 g/mol. The normalized spacial score (nSPS) is 15.1. The maximum atomic E-state index is 12.3. The Balaban J connectivity index is 4.31. The maximum Gasteiger partial charge on any atom is 0.403 e. The summed E-state index contributed by atoms with van der Waals surface area (Å²) in [4.78, 5) is 10.1. The van der Waals surface area contributed by atoms with Crippen molar-refractivity contribution >= 4 is 5.97 Å². The number of hydrogen-bond acceptors (Lipinski definition) is 2. The first-order chi connectivity index (χ1) is 7.48. The number of rotatable bonds is 6. The molecule has 0 rings (SSSR count). The van der Waals surface area contributed by atoms with Gasteiger partial charge in [-0.3, -0.25) is 4.79 Å². The van der Waals surface area contributed by atoms with Crippen LogP contribution in [0.2, 0.25) is 0 Å². The van der Waals surface area contributed by atoms with E-state index < -0.39 is 43.5 Å². The van der Waals surface area contributed by atoms with Gasteiger partial charge in [-0.25, -0.2) is 8.78 Å². The fourth-order valence-corrected chi connectivity index (χ4v) is 0.803. The molecular formula is C7H8F7NO2. The predicted octanol–water partition coefficient (Wildman–Crippen LogP) is 1.74. The summed E-state index contributed by atoms with van der Waals surface area (Å²) in [5.41, 5.74) is 0. The minimum absolute atomic E-state index is 1.36. The molecule has 0 aromatic heterocycles. The molecule has 102 valence electrons. The average Bonchev–Trinajstić information content (AvgIpc) is 2.09. The Hall–Kier alpha value is -1.06. The molecule has 0 saturated heterocycles. The molecule has 0 saturated carbocycles. The standard InChI is InChI=1S/C7H8F7NO2/c8-5(9)6(10,11)2-15-1-3(4(16)17)7(12,13)14/h3,5,15H,1-2H2,(H,16,17). The van der Waals surface area contributed by atoms with E-state index in [0.29, 0.717) is 0 Å². The largest absolute Gasteiger partial charge is 0.481 e. The Morgan fingerprint density at radius 1 is 1.18 bits per heavy atom. The number of aliphatic carboxylic acids is 1. The van der Waals surface area contributed by atoms with Crippen LogP contribution in [0, 0.1) is 5.92 Å². The minimum Gasteiger partial charge on any atom is -0.481 e. The van der Waals surface area contributed by atoms with Crippen molar-refractivity contribution in [3.05, 3.63) is 0 Å². The molecule has 1 atom stereocenters. The van der Waals surface area contributed by atoms with Crippen LogP contribution in [0.15, 0.2) is 0 Å². The van der Waals surface area contributed by atoms with Crippen molar-refractivity contribution in [3.8, 4) is 0 Å². The Labute approximate surface area is 90.6 Å². The summed E-state index contributed by atoms with van der Waals surface area (Å²) in [6.07, 6.45) is -9.18. The monoisotopic (exact) mass is 271 g/mol. The number of alkyl halides is 7. The molecule has 0 aliphatic rings. The minimum atomic E-state index is -5.14. The third-order valence-electron chi connectivity index (χ3n) is 1.72. The zero-order chi connectivity index (χ0) is 13.9. The van der Waals surface area contributed by atoms with Gasteiger partial charge < -0.3 is 10.4 Å². The Kier molecular flexibility index (Phi) is 5.17. The van der Waals surface area contributed by atoms with Crippen LogP contribution in [0.5, 0.6) is 0 Å². The van der Waals surface area contributed by atoms with Crippen LogP contribution in [-0.2, 0) is 4.79 Å². The van der Waals surface area contributed by atoms with Gasteiger partial charge in [0.25, 0.3) is 0 Å². The molecule has 0 aromatic rings. The van der Waals surface area contributed by atoms with E-state index in [1.54, 1.807) is 0 Å². The molecule has 17 heavy (non-hydrogen) atoms. The van der Waals surface area contributed by atoms with Gasteiger partial charge in [-0.05, 0) is 0 Å². The van der Waals surface area contributed by atoms with Crippen molar-refractivity contribution in [1.29, 1.82) is 0 Å². The summed E-state index contributed by atoms with van der Waals surface area (Å²) in [5, 5.41) is 9.52. The van der Waals surface area contributed by atoms with Gasteiger partial charge >= 0.3 is 24.5 Å². The van der Waals surface area contributed by atoms with E-state index in [-0.39, 0.29) is 0 Å². The Morgan fingerprint density at radius 3 is 1.94 bits per heavy atom. The molecule has 2 N–H and O–H groups in total. The number of hydrogen-bond donors (Lipinski definition) is 2. The lowest BCUT2D eigenvalue weighted by Crippen LogP contribution is -2.45. The van der Waals surface area contributed by atoms with Crippen molar-refractivity contribution in [2.24, 2.45) is 5.92 Å². The van der Waals surface area contributed by atoms with Crippen LogP contribution in [0.25, 0.3) is 0 Å². The topological polar surface area (TPSA) is 49.3 Å². The summed E-state index contributed by atoms with van der Waals surface area (Å²) in [6, 6.07) is 0. The quantitative estimate of drug-likeness (QED) is 0.723. The van der Waals surface area contributed by atoms with Crippen molar-refractivity contribution in [2.75, 3.05) is 13.1 Å². The smallest absolute Gasteiger partial charge is 0.403 e. The highest BCUT2D eigenvalue weighted by molar-refractivity contribution is 5.71. The molecule has 0 radical (unpaired) electrons. The van der Waals surface area contributed by atoms with Gasteiger partial charge in [-0.2, -0.15) is 22.0 Å². The van der Waals surface area contributed by atoms with Gasteiger partial charge in [0, 0.05) is 6.54 Å². The Morgan fingerprint density at radius 2 is 1.65 bits per heavy atom. The van der Waals surface area contributed by atoms with Gasteiger partial charge in [-0.15, -0.1) is 0 Å². The molecule has 1 unspecified atom stereocenters. The summed E-state index contributed by atoms with van der Waals surface area (Å²) >= 11 is 0. The second kappa shape index (κ2) is 5.52. The maximum absolute atomic E-state index is 12.3. The zero-order valence-corrected chi connectivity index (χ0v) is 8.07. The van der Waals surface area contributed by atoms with Crippen molar-refractivity contribution in [3.63, 3.8) is 0 Å². The molecule has 0 heterocycles. The first-order valence-corrected chi connectivity index (χ1v) is 4.14. The molecule has 0 bridgehead atoms. The third kappa shape index (κ3) is 5.20. The number of carboxylic acid groups (broad SMARTS) is 1. The zero-order valence-electron chi connectivity index (χ0n) is 8.07. The summed E-state index contributed by atoms with van der Waals surface area (Å²) in [7, 11) is 0. The summed E-state index contributed by atoms with van der Waals surface area (Å²) in [5.74, 6) is -9.70. The van der Waals surface area contributed by atoms with E-state index in [1.165, 1.54) is 5.32 Å². The van der Waals surface area contributed by atoms with Gasteiger partial charge in [0.05, 0.1) is 6.54 Å². The molecule has 0 amide bonds. The summed E-state index contributed by atoms with van der Waals surface area (Å²) < 4.78 is 83.7. The number of carbonyl (C=O) groups is 1. The van der Waals surface area contributed by atoms with E-state index in [0.717, 1.165) is 0 Å². The molecule has 3 nitrogen and oxygen atoms in total. The first-order valence-electron chi connectivity index (χ1n) is 4.14. The van der Waals surface area contributed by atoms with E-state index >= 15 is 0 Å². The SMILES string of the molecule is O=C(O)C(CNCC(F)(F)C(F)F)C(F)(F)F. The van der Waals surface area contributed by atoms with Gasteiger partial charge in [0.1, 0.15) is 0 Å². The van der Waals surface area contributed by atoms with Gasteiger partial charge in [0.2, 0.25) is 0 Å². The molecule has 0 aliphatic carbocycles. The molecule has 0 spiro atoms. The van der Waals surface area contributed by atoms with Crippen LogP contribution >= 0.6 is 0 Å².